The number of hydrogen-bond donors (Lipinski definition) is 2. The van der Waals surface area contributed by atoms with E-state index in [0.29, 0.717) is 18.5 Å². The monoisotopic (exact) mass is 225 g/mol. The maximum absolute atomic E-state index is 8.94. The molecule has 1 aromatic carbocycles. The molecule has 3 N–H and O–H groups in total. The Bertz CT molecular complexity index is 593. The molecule has 0 amide bonds. The second kappa shape index (κ2) is 3.56. The third-order valence-electron chi connectivity index (χ3n) is 3.02. The number of nitrogens with two attached hydrogens (primary N) is 1. The van der Waals surface area contributed by atoms with Crippen LogP contribution in [-0.2, 0) is 4.74 Å². The summed E-state index contributed by atoms with van der Waals surface area (Å²) in [4.78, 5) is 0. The molecule has 0 fully saturated rings. The van der Waals surface area contributed by atoms with E-state index in [1.54, 1.807) is 0 Å². The standard InChI is InChI=1S/C13H11N3O/c14-6-8-5-9-7-16-11-4-2-1-3-10(11)12(9)17-13(8)15/h1-4,16H,5,7,15H2. The molecule has 0 aliphatic carbocycles. The highest BCUT2D eigenvalue weighted by Gasteiger charge is 2.26. The number of ether oxygens (including phenoxy) is 1. The smallest absolute Gasteiger partial charge is 0.205 e. The molecule has 0 saturated carbocycles. The molecule has 0 radical (unpaired) electrons. The summed E-state index contributed by atoms with van der Waals surface area (Å²) < 4.78 is 5.59. The summed E-state index contributed by atoms with van der Waals surface area (Å²) in [5.41, 5.74) is 9.37. The first-order chi connectivity index (χ1) is 8.29. The average molecular weight is 225 g/mol. The Hall–Kier alpha value is -2.41. The average Bonchev–Trinajstić information content (AvgIpc) is 2.38. The molecule has 0 atom stereocenters. The van der Waals surface area contributed by atoms with Crippen LogP contribution in [0.1, 0.15) is 12.0 Å². The van der Waals surface area contributed by atoms with Crippen molar-refractivity contribution in [3.05, 3.63) is 46.9 Å². The molecule has 0 aromatic heterocycles. The molecule has 2 aliphatic rings. The zero-order chi connectivity index (χ0) is 11.8. The topological polar surface area (TPSA) is 71.1 Å². The largest absolute Gasteiger partial charge is 0.440 e. The predicted octanol–water partition coefficient (Wildman–Crippen LogP) is 1.94. The number of anilines is 1. The van der Waals surface area contributed by atoms with Crippen LogP contribution >= 0.6 is 0 Å². The lowest BCUT2D eigenvalue weighted by Gasteiger charge is -2.28. The molecule has 2 heterocycles. The maximum atomic E-state index is 8.94. The van der Waals surface area contributed by atoms with Crippen LogP contribution in [0.25, 0.3) is 5.76 Å². The van der Waals surface area contributed by atoms with E-state index in [1.165, 1.54) is 0 Å². The normalized spacial score (nSPS) is 17.6. The highest BCUT2D eigenvalue weighted by Crippen LogP contribution is 2.37. The van der Waals surface area contributed by atoms with Gasteiger partial charge >= 0.3 is 0 Å². The lowest BCUT2D eigenvalue weighted by atomic mass is 9.95. The van der Waals surface area contributed by atoms with E-state index in [4.69, 9.17) is 15.7 Å². The number of nitrogens with zero attached hydrogens (tertiary/aromatic N) is 1. The molecular formula is C13H11N3O. The van der Waals surface area contributed by atoms with Gasteiger partial charge < -0.3 is 15.8 Å². The summed E-state index contributed by atoms with van der Waals surface area (Å²) in [6, 6.07) is 10.00. The minimum Gasteiger partial charge on any atom is -0.440 e. The Morgan fingerprint density at radius 2 is 2.18 bits per heavy atom. The third kappa shape index (κ3) is 1.44. The third-order valence-corrected chi connectivity index (χ3v) is 3.02. The predicted molar refractivity (Wildman–Crippen MR) is 64.4 cm³/mol. The van der Waals surface area contributed by atoms with Crippen LogP contribution in [0.4, 0.5) is 5.69 Å². The number of benzene rings is 1. The van der Waals surface area contributed by atoms with Gasteiger partial charge in [0, 0.05) is 24.2 Å². The van der Waals surface area contributed by atoms with Gasteiger partial charge in [-0.15, -0.1) is 0 Å². The Morgan fingerprint density at radius 3 is 3.00 bits per heavy atom. The first-order valence-electron chi connectivity index (χ1n) is 5.41. The Kier molecular flexibility index (Phi) is 2.05. The fourth-order valence-electron chi connectivity index (χ4n) is 2.14. The van der Waals surface area contributed by atoms with E-state index in [9.17, 15) is 0 Å². The fourth-order valence-corrected chi connectivity index (χ4v) is 2.14. The van der Waals surface area contributed by atoms with Crippen molar-refractivity contribution in [1.29, 1.82) is 5.26 Å². The fraction of sp³-hybridized carbons (Fsp3) is 0.154. The summed E-state index contributed by atoms with van der Waals surface area (Å²) in [5, 5.41) is 12.2. The number of nitrogens with one attached hydrogen (secondary N) is 1. The molecule has 0 saturated heterocycles. The number of allylic oxidation sites excluding steroid dienone is 1. The van der Waals surface area contributed by atoms with Crippen LogP contribution in [0.2, 0.25) is 0 Å². The first-order valence-corrected chi connectivity index (χ1v) is 5.41. The molecule has 84 valence electrons. The highest BCUT2D eigenvalue weighted by molar-refractivity contribution is 5.79. The minimum atomic E-state index is 0.225. The summed E-state index contributed by atoms with van der Waals surface area (Å²) in [7, 11) is 0. The van der Waals surface area contributed by atoms with Crippen molar-refractivity contribution in [2.75, 3.05) is 11.9 Å². The molecule has 0 unspecified atom stereocenters. The van der Waals surface area contributed by atoms with Crippen molar-refractivity contribution < 1.29 is 4.74 Å². The van der Waals surface area contributed by atoms with Gasteiger partial charge in [-0.05, 0) is 17.7 Å². The molecule has 0 bridgehead atoms. The van der Waals surface area contributed by atoms with Crippen LogP contribution in [0.15, 0.2) is 41.3 Å². The molecule has 17 heavy (non-hydrogen) atoms. The lowest BCUT2D eigenvalue weighted by molar-refractivity contribution is 0.358. The van der Waals surface area contributed by atoms with Crippen molar-refractivity contribution >= 4 is 11.4 Å². The van der Waals surface area contributed by atoms with Crippen molar-refractivity contribution in [1.82, 2.24) is 0 Å². The number of fused-ring (bicyclic) bond motifs is 2. The van der Waals surface area contributed by atoms with E-state index in [0.717, 1.165) is 22.6 Å². The summed E-state index contributed by atoms with van der Waals surface area (Å²) >= 11 is 0. The van der Waals surface area contributed by atoms with Crippen molar-refractivity contribution in [2.24, 2.45) is 5.73 Å². The van der Waals surface area contributed by atoms with Gasteiger partial charge in [-0.3, -0.25) is 0 Å². The number of rotatable bonds is 0. The second-order valence-electron chi connectivity index (χ2n) is 4.07. The molecule has 3 rings (SSSR count). The van der Waals surface area contributed by atoms with E-state index in [1.807, 2.05) is 24.3 Å². The summed E-state index contributed by atoms with van der Waals surface area (Å²) in [6.45, 7) is 0.699. The molecule has 0 spiro atoms. The highest BCUT2D eigenvalue weighted by atomic mass is 16.5. The Morgan fingerprint density at radius 1 is 1.35 bits per heavy atom. The number of hydrogen-bond acceptors (Lipinski definition) is 4. The molecule has 2 aliphatic heterocycles. The number of nitriles is 1. The van der Waals surface area contributed by atoms with Gasteiger partial charge in [-0.1, -0.05) is 12.1 Å². The van der Waals surface area contributed by atoms with Crippen LogP contribution < -0.4 is 11.1 Å². The second-order valence-corrected chi connectivity index (χ2v) is 4.07. The van der Waals surface area contributed by atoms with Crippen LogP contribution in [0, 0.1) is 11.3 Å². The van der Waals surface area contributed by atoms with Gasteiger partial charge in [-0.25, -0.2) is 0 Å². The van der Waals surface area contributed by atoms with Crippen LogP contribution in [0.5, 0.6) is 0 Å². The van der Waals surface area contributed by atoms with Gasteiger partial charge in [0.2, 0.25) is 5.88 Å². The first kappa shape index (κ1) is 9.79. The minimum absolute atomic E-state index is 0.225. The Labute approximate surface area is 99.0 Å². The quantitative estimate of drug-likeness (QED) is 0.707. The van der Waals surface area contributed by atoms with E-state index >= 15 is 0 Å². The molecule has 4 heteroatoms. The van der Waals surface area contributed by atoms with Crippen LogP contribution in [-0.4, -0.2) is 6.54 Å². The van der Waals surface area contributed by atoms with Crippen molar-refractivity contribution in [2.45, 2.75) is 6.42 Å². The van der Waals surface area contributed by atoms with E-state index in [2.05, 4.69) is 11.4 Å². The summed E-state index contributed by atoms with van der Waals surface area (Å²) in [5.74, 6) is 1.03. The molecule has 1 aromatic rings. The zero-order valence-electron chi connectivity index (χ0n) is 9.16. The van der Waals surface area contributed by atoms with Gasteiger partial charge in [0.25, 0.3) is 0 Å². The van der Waals surface area contributed by atoms with Crippen molar-refractivity contribution in [3.63, 3.8) is 0 Å². The zero-order valence-corrected chi connectivity index (χ0v) is 9.16. The van der Waals surface area contributed by atoms with Crippen molar-refractivity contribution in [3.8, 4) is 6.07 Å². The molecule has 4 nitrogen and oxygen atoms in total. The van der Waals surface area contributed by atoms with Gasteiger partial charge in [0.15, 0.2) is 0 Å². The maximum Gasteiger partial charge on any atom is 0.205 e. The van der Waals surface area contributed by atoms with E-state index < -0.39 is 0 Å². The molecular weight excluding hydrogens is 214 g/mol. The lowest BCUT2D eigenvalue weighted by Crippen LogP contribution is -2.21. The van der Waals surface area contributed by atoms with Gasteiger partial charge in [0.1, 0.15) is 11.8 Å². The Balaban J connectivity index is 2.07. The number of para-hydroxylation sites is 1. The van der Waals surface area contributed by atoms with Crippen LogP contribution in [0.3, 0.4) is 0 Å². The van der Waals surface area contributed by atoms with E-state index in [-0.39, 0.29) is 5.88 Å². The van der Waals surface area contributed by atoms with Gasteiger partial charge in [-0.2, -0.15) is 5.26 Å². The van der Waals surface area contributed by atoms with Gasteiger partial charge in [0.05, 0.1) is 5.57 Å². The summed E-state index contributed by atoms with van der Waals surface area (Å²) in [6.07, 6.45) is 0.568. The SMILES string of the molecule is N#CC1=C(N)OC2=C(CNc3ccccc32)C1.